The van der Waals surface area contributed by atoms with E-state index in [-0.39, 0.29) is 17.2 Å². The van der Waals surface area contributed by atoms with Crippen molar-refractivity contribution < 1.29 is 9.50 Å². The van der Waals surface area contributed by atoms with Gasteiger partial charge in [-0.2, -0.15) is 0 Å². The number of aliphatic hydroxyl groups is 1. The Bertz CT molecular complexity index is 968. The van der Waals surface area contributed by atoms with E-state index < -0.39 is 6.23 Å². The van der Waals surface area contributed by atoms with E-state index in [1.54, 1.807) is 18.5 Å². The number of hydrogen-bond donors (Lipinski definition) is 3. The molecule has 1 saturated carbocycles. The molecule has 2 fully saturated rings. The quantitative estimate of drug-likeness (QED) is 0.593. The first-order chi connectivity index (χ1) is 13.6. The van der Waals surface area contributed by atoms with Gasteiger partial charge in [-0.25, -0.2) is 14.4 Å². The maximum atomic E-state index is 13.1. The van der Waals surface area contributed by atoms with Crippen LogP contribution in [0, 0.1) is 17.2 Å². The summed E-state index contributed by atoms with van der Waals surface area (Å²) >= 11 is 0. The van der Waals surface area contributed by atoms with Gasteiger partial charge >= 0.3 is 0 Å². The van der Waals surface area contributed by atoms with Crippen LogP contribution in [-0.2, 0) is 6.54 Å². The number of rotatable bonds is 5. The van der Waals surface area contributed by atoms with E-state index in [0.29, 0.717) is 6.54 Å². The van der Waals surface area contributed by atoms with E-state index in [2.05, 4.69) is 25.2 Å². The summed E-state index contributed by atoms with van der Waals surface area (Å²) in [6.45, 7) is 2.30. The molecule has 3 heterocycles. The third kappa shape index (κ3) is 3.14. The van der Waals surface area contributed by atoms with Crippen LogP contribution >= 0.6 is 0 Å². The molecule has 0 radical (unpaired) electrons. The standard InChI is InChI=1S/C21H24FN5O/c22-15-3-1-14(2-4-15)11-24-20(28)17-6-10-27(12-21(17)7-8-21)19-16-5-9-23-18(16)25-13-26-19/h1-5,9,13,17,20,24,28H,6-8,10-12H2,(H,23,25,26). The minimum Gasteiger partial charge on any atom is -0.378 e. The third-order valence-corrected chi connectivity index (χ3v) is 6.34. The van der Waals surface area contributed by atoms with Crippen molar-refractivity contribution in [1.29, 1.82) is 0 Å². The summed E-state index contributed by atoms with van der Waals surface area (Å²) in [7, 11) is 0. The van der Waals surface area contributed by atoms with E-state index in [1.165, 1.54) is 12.1 Å². The highest BCUT2D eigenvalue weighted by Crippen LogP contribution is 2.57. The first-order valence-corrected chi connectivity index (χ1v) is 9.84. The number of aliphatic hydroxyl groups excluding tert-OH is 1. The van der Waals surface area contributed by atoms with Gasteiger partial charge in [0.2, 0.25) is 0 Å². The maximum Gasteiger partial charge on any atom is 0.142 e. The van der Waals surface area contributed by atoms with Crippen molar-refractivity contribution in [2.75, 3.05) is 18.0 Å². The second-order valence-corrected chi connectivity index (χ2v) is 8.07. The predicted molar refractivity (Wildman–Crippen MR) is 105 cm³/mol. The lowest BCUT2D eigenvalue weighted by Crippen LogP contribution is -2.50. The monoisotopic (exact) mass is 381 g/mol. The molecule has 3 N–H and O–H groups in total. The number of piperidine rings is 1. The van der Waals surface area contributed by atoms with Gasteiger partial charge in [-0.1, -0.05) is 12.1 Å². The minimum absolute atomic E-state index is 0.140. The van der Waals surface area contributed by atoms with Gasteiger partial charge in [-0.05, 0) is 48.4 Å². The number of aromatic amines is 1. The summed E-state index contributed by atoms with van der Waals surface area (Å²) < 4.78 is 13.1. The molecule has 1 aliphatic carbocycles. The van der Waals surface area contributed by atoms with E-state index >= 15 is 0 Å². The van der Waals surface area contributed by atoms with Gasteiger partial charge in [0.1, 0.15) is 29.8 Å². The summed E-state index contributed by atoms with van der Waals surface area (Å²) in [5.41, 5.74) is 1.97. The van der Waals surface area contributed by atoms with E-state index in [1.807, 2.05) is 12.3 Å². The highest BCUT2D eigenvalue weighted by Gasteiger charge is 2.54. The second kappa shape index (κ2) is 6.83. The van der Waals surface area contributed by atoms with Gasteiger partial charge in [-0.15, -0.1) is 0 Å². The van der Waals surface area contributed by atoms with Crippen LogP contribution in [0.3, 0.4) is 0 Å². The zero-order valence-corrected chi connectivity index (χ0v) is 15.6. The number of aromatic nitrogens is 3. The van der Waals surface area contributed by atoms with Crippen LogP contribution in [0.1, 0.15) is 24.8 Å². The van der Waals surface area contributed by atoms with Gasteiger partial charge < -0.3 is 15.0 Å². The largest absolute Gasteiger partial charge is 0.378 e. The molecule has 5 rings (SSSR count). The van der Waals surface area contributed by atoms with Crippen molar-refractivity contribution in [3.63, 3.8) is 0 Å². The number of nitrogens with one attached hydrogen (secondary N) is 2. The van der Waals surface area contributed by atoms with Crippen LogP contribution in [0.25, 0.3) is 11.0 Å². The van der Waals surface area contributed by atoms with Crippen LogP contribution in [0.15, 0.2) is 42.9 Å². The Morgan fingerprint density at radius 3 is 2.86 bits per heavy atom. The van der Waals surface area contributed by atoms with Crippen LogP contribution in [-0.4, -0.2) is 39.4 Å². The van der Waals surface area contributed by atoms with Gasteiger partial charge in [0.15, 0.2) is 0 Å². The molecule has 1 aliphatic heterocycles. The number of fused-ring (bicyclic) bond motifs is 1. The second-order valence-electron chi connectivity index (χ2n) is 8.07. The molecule has 3 aromatic rings. The number of nitrogens with zero attached hydrogens (tertiary/aromatic N) is 3. The molecule has 2 aliphatic rings. The topological polar surface area (TPSA) is 77.1 Å². The Morgan fingerprint density at radius 2 is 2.07 bits per heavy atom. The minimum atomic E-state index is -0.563. The van der Waals surface area contributed by atoms with Crippen LogP contribution in [0.4, 0.5) is 10.2 Å². The van der Waals surface area contributed by atoms with Crippen molar-refractivity contribution in [2.24, 2.45) is 11.3 Å². The lowest BCUT2D eigenvalue weighted by Gasteiger charge is -2.42. The number of benzene rings is 1. The molecule has 6 nitrogen and oxygen atoms in total. The van der Waals surface area contributed by atoms with Crippen molar-refractivity contribution in [2.45, 2.75) is 32.0 Å². The highest BCUT2D eigenvalue weighted by atomic mass is 19.1. The molecule has 0 amide bonds. The lowest BCUT2D eigenvalue weighted by molar-refractivity contribution is 0.0226. The predicted octanol–water partition coefficient (Wildman–Crippen LogP) is 2.81. The van der Waals surface area contributed by atoms with Gasteiger partial charge in [0.25, 0.3) is 0 Å². The average Bonchev–Trinajstić information content (AvgIpc) is 3.29. The fraction of sp³-hybridized carbons (Fsp3) is 0.429. The molecular formula is C21H24FN5O. The van der Waals surface area contributed by atoms with E-state index in [4.69, 9.17) is 0 Å². The third-order valence-electron chi connectivity index (χ3n) is 6.34. The fourth-order valence-corrected chi connectivity index (χ4v) is 4.62. The Morgan fingerprint density at radius 1 is 1.25 bits per heavy atom. The fourth-order valence-electron chi connectivity index (χ4n) is 4.62. The molecular weight excluding hydrogens is 357 g/mol. The average molecular weight is 381 g/mol. The van der Waals surface area contributed by atoms with Crippen molar-refractivity contribution in [1.82, 2.24) is 20.3 Å². The van der Waals surface area contributed by atoms with E-state index in [9.17, 15) is 9.50 Å². The van der Waals surface area contributed by atoms with Crippen molar-refractivity contribution >= 4 is 16.9 Å². The Kier molecular flexibility index (Phi) is 4.29. The SMILES string of the molecule is OC(NCc1ccc(F)cc1)C1CCN(c2ncnc3[nH]ccc23)CC12CC2. The number of hydrogen-bond acceptors (Lipinski definition) is 5. The molecule has 7 heteroatoms. The number of halogens is 1. The molecule has 1 saturated heterocycles. The maximum absolute atomic E-state index is 13.1. The number of H-pyrrole nitrogens is 1. The molecule has 1 aromatic carbocycles. The van der Waals surface area contributed by atoms with Gasteiger partial charge in [-0.3, -0.25) is 5.32 Å². The van der Waals surface area contributed by atoms with Gasteiger partial charge in [0, 0.05) is 31.7 Å². The molecule has 2 unspecified atom stereocenters. The molecule has 2 atom stereocenters. The molecule has 146 valence electrons. The Hall–Kier alpha value is -2.51. The molecule has 2 aromatic heterocycles. The van der Waals surface area contributed by atoms with Crippen LogP contribution < -0.4 is 10.2 Å². The summed E-state index contributed by atoms with van der Waals surface area (Å²) in [6.07, 6.45) is 6.11. The summed E-state index contributed by atoms with van der Waals surface area (Å²) in [5, 5.41) is 15.1. The zero-order chi connectivity index (χ0) is 19.1. The summed E-state index contributed by atoms with van der Waals surface area (Å²) in [4.78, 5) is 14.3. The molecule has 28 heavy (non-hydrogen) atoms. The van der Waals surface area contributed by atoms with Crippen LogP contribution in [0.5, 0.6) is 0 Å². The number of anilines is 1. The van der Waals surface area contributed by atoms with Gasteiger partial charge in [0.05, 0.1) is 5.39 Å². The smallest absolute Gasteiger partial charge is 0.142 e. The zero-order valence-electron chi connectivity index (χ0n) is 15.6. The molecule has 1 spiro atoms. The first kappa shape index (κ1) is 17.6. The van der Waals surface area contributed by atoms with E-state index in [0.717, 1.165) is 54.8 Å². The Labute approximate surface area is 162 Å². The summed E-state index contributed by atoms with van der Waals surface area (Å²) in [6, 6.07) is 8.43. The summed E-state index contributed by atoms with van der Waals surface area (Å²) in [5.74, 6) is 0.951. The highest BCUT2D eigenvalue weighted by molar-refractivity contribution is 5.87. The lowest BCUT2D eigenvalue weighted by atomic mass is 9.81. The van der Waals surface area contributed by atoms with Crippen molar-refractivity contribution in [3.05, 3.63) is 54.2 Å². The normalized spacial score (nSPS) is 21.9. The first-order valence-electron chi connectivity index (χ1n) is 9.84. The molecule has 0 bridgehead atoms. The van der Waals surface area contributed by atoms with Crippen molar-refractivity contribution in [3.8, 4) is 0 Å². The Balaban J connectivity index is 1.27. The van der Waals surface area contributed by atoms with Crippen LogP contribution in [0.2, 0.25) is 0 Å².